The Bertz CT molecular complexity index is 495. The van der Waals surface area contributed by atoms with Crippen LogP contribution in [0, 0.1) is 6.92 Å². The summed E-state index contributed by atoms with van der Waals surface area (Å²) in [6, 6.07) is 1.98. The molecule has 0 bridgehead atoms. The average Bonchev–Trinajstić information content (AvgIpc) is 2.43. The first-order valence-corrected chi connectivity index (χ1v) is 7.38. The van der Waals surface area contributed by atoms with E-state index < -0.39 is 0 Å². The van der Waals surface area contributed by atoms with Gasteiger partial charge in [0.05, 0.1) is 5.02 Å². The first-order valence-electron chi connectivity index (χ1n) is 7.00. The summed E-state index contributed by atoms with van der Waals surface area (Å²) in [6.07, 6.45) is 5.67. The van der Waals surface area contributed by atoms with Gasteiger partial charge in [0.2, 0.25) is 0 Å². The van der Waals surface area contributed by atoms with Crippen molar-refractivity contribution >= 4 is 11.6 Å². The molecule has 104 valence electrons. The number of rotatable bonds is 1. The maximum atomic E-state index is 6.63. The maximum Gasteiger partial charge on any atom is 0.180 e. The molecule has 0 saturated heterocycles. The summed E-state index contributed by atoms with van der Waals surface area (Å²) in [7, 11) is 0. The molecular weight excluding hydrogens is 262 g/mol. The Morgan fingerprint density at radius 3 is 2.42 bits per heavy atom. The van der Waals surface area contributed by atoms with E-state index in [2.05, 4.69) is 6.92 Å². The first kappa shape index (κ1) is 13.1. The average molecular weight is 282 g/mol. The zero-order chi connectivity index (χ0) is 13.5. The van der Waals surface area contributed by atoms with Gasteiger partial charge in [-0.1, -0.05) is 30.9 Å². The third kappa shape index (κ3) is 2.19. The van der Waals surface area contributed by atoms with Gasteiger partial charge in [-0.25, -0.2) is 0 Å². The van der Waals surface area contributed by atoms with Gasteiger partial charge in [-0.3, -0.25) is 0 Å². The van der Waals surface area contributed by atoms with Gasteiger partial charge in [0.15, 0.2) is 11.5 Å². The SMILES string of the molecule is Cc1c(C2(N)CCCCC2)cc(Cl)c2c1OCCO2. The van der Waals surface area contributed by atoms with Crippen LogP contribution in [-0.2, 0) is 5.54 Å². The zero-order valence-corrected chi connectivity index (χ0v) is 12.1. The highest BCUT2D eigenvalue weighted by molar-refractivity contribution is 6.32. The Morgan fingerprint density at radius 2 is 1.74 bits per heavy atom. The van der Waals surface area contributed by atoms with E-state index in [4.69, 9.17) is 26.8 Å². The standard InChI is InChI=1S/C15H20ClNO2/c1-10-11(15(17)5-3-2-4-6-15)9-12(16)14-13(10)18-7-8-19-14/h9H,2-8,17H2,1H3. The third-order valence-electron chi connectivity index (χ3n) is 4.30. The first-order chi connectivity index (χ1) is 9.12. The molecule has 4 heteroatoms. The van der Waals surface area contributed by atoms with Gasteiger partial charge in [0.25, 0.3) is 0 Å². The molecule has 1 aliphatic carbocycles. The highest BCUT2D eigenvalue weighted by Gasteiger charge is 2.34. The van der Waals surface area contributed by atoms with Gasteiger partial charge in [-0.05, 0) is 31.4 Å². The minimum Gasteiger partial charge on any atom is -0.486 e. The van der Waals surface area contributed by atoms with Crippen LogP contribution in [0.5, 0.6) is 11.5 Å². The second kappa shape index (κ2) is 4.88. The van der Waals surface area contributed by atoms with Crippen molar-refractivity contribution in [2.45, 2.75) is 44.6 Å². The monoisotopic (exact) mass is 281 g/mol. The van der Waals surface area contributed by atoms with Crippen LogP contribution >= 0.6 is 11.6 Å². The van der Waals surface area contributed by atoms with E-state index in [9.17, 15) is 0 Å². The van der Waals surface area contributed by atoms with Crippen LogP contribution in [0.3, 0.4) is 0 Å². The molecule has 0 aromatic heterocycles. The van der Waals surface area contributed by atoms with Gasteiger partial charge < -0.3 is 15.2 Å². The normalized spacial score (nSPS) is 21.2. The molecule has 2 aliphatic rings. The lowest BCUT2D eigenvalue weighted by Gasteiger charge is -2.36. The largest absolute Gasteiger partial charge is 0.486 e. The third-order valence-corrected chi connectivity index (χ3v) is 4.58. The molecule has 1 aromatic rings. The molecule has 1 saturated carbocycles. The summed E-state index contributed by atoms with van der Waals surface area (Å²) in [5.41, 5.74) is 8.58. The molecular formula is C15H20ClNO2. The van der Waals surface area contributed by atoms with Crippen molar-refractivity contribution in [3.05, 3.63) is 22.2 Å². The van der Waals surface area contributed by atoms with Crippen LogP contribution in [0.25, 0.3) is 0 Å². The zero-order valence-electron chi connectivity index (χ0n) is 11.3. The highest BCUT2D eigenvalue weighted by Crippen LogP contribution is 2.46. The lowest BCUT2D eigenvalue weighted by Crippen LogP contribution is -2.39. The maximum absolute atomic E-state index is 6.63. The number of hydrogen-bond acceptors (Lipinski definition) is 3. The van der Waals surface area contributed by atoms with Crippen molar-refractivity contribution in [3.8, 4) is 11.5 Å². The summed E-state index contributed by atoms with van der Waals surface area (Å²) in [5, 5.41) is 0.616. The Balaban J connectivity index is 2.09. The van der Waals surface area contributed by atoms with Crippen molar-refractivity contribution in [2.24, 2.45) is 5.73 Å². The summed E-state index contributed by atoms with van der Waals surface area (Å²) in [6.45, 7) is 3.19. The van der Waals surface area contributed by atoms with Gasteiger partial charge in [-0.2, -0.15) is 0 Å². The fraction of sp³-hybridized carbons (Fsp3) is 0.600. The molecule has 1 aromatic carbocycles. The fourth-order valence-electron chi connectivity index (χ4n) is 3.27. The van der Waals surface area contributed by atoms with E-state index in [0.717, 1.165) is 29.7 Å². The number of benzene rings is 1. The molecule has 0 unspecified atom stereocenters. The quantitative estimate of drug-likeness (QED) is 0.856. The Morgan fingerprint density at radius 1 is 1.11 bits per heavy atom. The van der Waals surface area contributed by atoms with E-state index in [-0.39, 0.29) is 5.54 Å². The number of nitrogens with two attached hydrogens (primary N) is 1. The molecule has 0 atom stereocenters. The topological polar surface area (TPSA) is 44.5 Å². The summed E-state index contributed by atoms with van der Waals surface area (Å²) >= 11 is 6.34. The van der Waals surface area contributed by atoms with E-state index in [1.807, 2.05) is 6.07 Å². The van der Waals surface area contributed by atoms with E-state index in [1.54, 1.807) is 0 Å². The van der Waals surface area contributed by atoms with Crippen molar-refractivity contribution < 1.29 is 9.47 Å². The molecule has 1 fully saturated rings. The lowest BCUT2D eigenvalue weighted by atomic mass is 9.76. The molecule has 19 heavy (non-hydrogen) atoms. The number of fused-ring (bicyclic) bond motifs is 1. The van der Waals surface area contributed by atoms with Crippen LogP contribution in [0.15, 0.2) is 6.07 Å². The van der Waals surface area contributed by atoms with Crippen LogP contribution in [0.2, 0.25) is 5.02 Å². The van der Waals surface area contributed by atoms with Gasteiger partial charge in [0, 0.05) is 11.1 Å². The molecule has 0 radical (unpaired) electrons. The molecule has 0 amide bonds. The Hall–Kier alpha value is -0.930. The summed E-state index contributed by atoms with van der Waals surface area (Å²) in [4.78, 5) is 0. The molecule has 3 nitrogen and oxygen atoms in total. The lowest BCUT2D eigenvalue weighted by molar-refractivity contribution is 0.169. The number of ether oxygens (including phenoxy) is 2. The van der Waals surface area contributed by atoms with Crippen LogP contribution in [0.1, 0.15) is 43.2 Å². The molecule has 0 spiro atoms. The minimum atomic E-state index is -0.262. The Labute approximate surface area is 119 Å². The predicted molar refractivity (Wildman–Crippen MR) is 76.1 cm³/mol. The van der Waals surface area contributed by atoms with E-state index in [0.29, 0.717) is 24.0 Å². The number of halogens is 1. The molecule has 2 N–H and O–H groups in total. The molecule has 1 heterocycles. The summed E-state index contributed by atoms with van der Waals surface area (Å²) in [5.74, 6) is 1.46. The number of hydrogen-bond donors (Lipinski definition) is 1. The molecule has 1 aliphatic heterocycles. The highest BCUT2D eigenvalue weighted by atomic mass is 35.5. The van der Waals surface area contributed by atoms with Crippen molar-refractivity contribution in [3.63, 3.8) is 0 Å². The van der Waals surface area contributed by atoms with Crippen molar-refractivity contribution in [2.75, 3.05) is 13.2 Å². The fourth-order valence-corrected chi connectivity index (χ4v) is 3.52. The van der Waals surface area contributed by atoms with E-state index in [1.165, 1.54) is 19.3 Å². The van der Waals surface area contributed by atoms with Crippen molar-refractivity contribution in [1.82, 2.24) is 0 Å². The molecule has 3 rings (SSSR count). The van der Waals surface area contributed by atoms with E-state index >= 15 is 0 Å². The predicted octanol–water partition coefficient (Wildman–Crippen LogP) is 3.54. The summed E-state index contributed by atoms with van der Waals surface area (Å²) < 4.78 is 11.4. The Kier molecular flexibility index (Phi) is 3.35. The van der Waals surface area contributed by atoms with Crippen LogP contribution in [0.4, 0.5) is 0 Å². The van der Waals surface area contributed by atoms with Gasteiger partial charge in [0.1, 0.15) is 13.2 Å². The second-order valence-corrected chi connectivity index (χ2v) is 6.01. The van der Waals surface area contributed by atoms with Crippen LogP contribution in [-0.4, -0.2) is 13.2 Å². The second-order valence-electron chi connectivity index (χ2n) is 5.60. The minimum absolute atomic E-state index is 0.262. The smallest absolute Gasteiger partial charge is 0.180 e. The van der Waals surface area contributed by atoms with Crippen molar-refractivity contribution in [1.29, 1.82) is 0 Å². The van der Waals surface area contributed by atoms with Gasteiger partial charge >= 0.3 is 0 Å². The van der Waals surface area contributed by atoms with Gasteiger partial charge in [-0.15, -0.1) is 0 Å². The van der Waals surface area contributed by atoms with Crippen LogP contribution < -0.4 is 15.2 Å².